The van der Waals surface area contributed by atoms with Gasteiger partial charge >= 0.3 is 0 Å². The lowest BCUT2D eigenvalue weighted by Crippen LogP contribution is -2.14. The van der Waals surface area contributed by atoms with Gasteiger partial charge in [0.05, 0.1) is 16.8 Å². The molecule has 1 aliphatic carbocycles. The summed E-state index contributed by atoms with van der Waals surface area (Å²) in [5.41, 5.74) is 1.17. The monoisotopic (exact) mass is 235 g/mol. The molecule has 1 saturated carbocycles. The topological polar surface area (TPSA) is 48.7 Å². The third kappa shape index (κ3) is 3.58. The van der Waals surface area contributed by atoms with Crippen molar-refractivity contribution in [1.82, 2.24) is 10.3 Å². The van der Waals surface area contributed by atoms with E-state index in [4.69, 9.17) is 5.26 Å². The second-order valence-electron chi connectivity index (χ2n) is 4.24. The van der Waals surface area contributed by atoms with Crippen LogP contribution in [0.2, 0.25) is 0 Å². The Kier molecular flexibility index (Phi) is 4.32. The molecule has 0 aliphatic heterocycles. The molecule has 0 amide bonds. The molecule has 1 fully saturated rings. The van der Waals surface area contributed by atoms with Crippen molar-refractivity contribution in [3.8, 4) is 6.07 Å². The van der Waals surface area contributed by atoms with E-state index in [1.54, 1.807) is 11.3 Å². The minimum absolute atomic E-state index is 0.671. The maximum atomic E-state index is 8.38. The molecule has 0 aromatic carbocycles. The van der Waals surface area contributed by atoms with Crippen molar-refractivity contribution in [1.29, 1.82) is 5.26 Å². The zero-order valence-electron chi connectivity index (χ0n) is 9.41. The van der Waals surface area contributed by atoms with Gasteiger partial charge in [-0.15, -0.1) is 11.3 Å². The summed E-state index contributed by atoms with van der Waals surface area (Å²) in [6.07, 6.45) is 5.40. The van der Waals surface area contributed by atoms with Crippen LogP contribution in [0.3, 0.4) is 0 Å². The van der Waals surface area contributed by atoms with Crippen molar-refractivity contribution in [2.24, 2.45) is 0 Å². The van der Waals surface area contributed by atoms with Gasteiger partial charge in [0.2, 0.25) is 0 Å². The minimum atomic E-state index is 0.671. The summed E-state index contributed by atoms with van der Waals surface area (Å²) in [4.78, 5) is 4.61. The first-order chi connectivity index (χ1) is 7.90. The minimum Gasteiger partial charge on any atom is -0.311 e. The van der Waals surface area contributed by atoms with Gasteiger partial charge in [0.1, 0.15) is 0 Å². The van der Waals surface area contributed by atoms with Gasteiger partial charge in [-0.05, 0) is 32.2 Å². The first kappa shape index (κ1) is 11.6. The standard InChI is InChI=1S/C12H17N3S/c13-6-2-1-3-7-14-8-11-9-16-12(15-11)10-4-5-10/h9-10,14H,1-5,7-8H2. The normalized spacial score (nSPS) is 14.9. The van der Waals surface area contributed by atoms with Crippen molar-refractivity contribution in [2.75, 3.05) is 6.54 Å². The van der Waals surface area contributed by atoms with Crippen LogP contribution in [0.5, 0.6) is 0 Å². The van der Waals surface area contributed by atoms with Crippen LogP contribution < -0.4 is 5.32 Å². The fraction of sp³-hybridized carbons (Fsp3) is 0.667. The summed E-state index contributed by atoms with van der Waals surface area (Å²) >= 11 is 1.80. The van der Waals surface area contributed by atoms with E-state index in [0.717, 1.165) is 31.8 Å². The number of unbranched alkanes of at least 4 members (excludes halogenated alkanes) is 2. The molecule has 0 atom stereocenters. The number of nitrogens with zero attached hydrogens (tertiary/aromatic N) is 2. The molecule has 0 bridgehead atoms. The third-order valence-corrected chi connectivity index (χ3v) is 3.75. The van der Waals surface area contributed by atoms with Crippen LogP contribution in [0.25, 0.3) is 0 Å². The molecule has 1 N–H and O–H groups in total. The van der Waals surface area contributed by atoms with Crippen molar-refractivity contribution in [3.05, 3.63) is 16.1 Å². The van der Waals surface area contributed by atoms with Crippen molar-refractivity contribution >= 4 is 11.3 Å². The Bertz CT molecular complexity index is 363. The van der Waals surface area contributed by atoms with Crippen LogP contribution in [-0.4, -0.2) is 11.5 Å². The summed E-state index contributed by atoms with van der Waals surface area (Å²) in [5, 5.41) is 15.2. The van der Waals surface area contributed by atoms with Gasteiger partial charge in [-0.2, -0.15) is 5.26 Å². The van der Waals surface area contributed by atoms with Gasteiger partial charge < -0.3 is 5.32 Å². The summed E-state index contributed by atoms with van der Waals surface area (Å²) in [7, 11) is 0. The lowest BCUT2D eigenvalue weighted by molar-refractivity contribution is 0.622. The molecule has 0 saturated heterocycles. The Labute approximate surface area is 101 Å². The number of thiazole rings is 1. The molecule has 1 heterocycles. The molecular formula is C12H17N3S. The summed E-state index contributed by atoms with van der Waals surface area (Å²) in [6, 6.07) is 2.16. The predicted octanol–water partition coefficient (Wildman–Crippen LogP) is 2.80. The Hall–Kier alpha value is -0.920. The lowest BCUT2D eigenvalue weighted by atomic mass is 10.2. The molecule has 1 aromatic rings. The summed E-state index contributed by atoms with van der Waals surface area (Å²) in [5.74, 6) is 0.773. The predicted molar refractivity (Wildman–Crippen MR) is 65.3 cm³/mol. The number of hydrogen-bond donors (Lipinski definition) is 1. The molecule has 4 heteroatoms. The Morgan fingerprint density at radius 1 is 1.50 bits per heavy atom. The van der Waals surface area contributed by atoms with Crippen LogP contribution in [0, 0.1) is 11.3 Å². The van der Waals surface area contributed by atoms with Gasteiger partial charge in [-0.3, -0.25) is 0 Å². The molecule has 2 rings (SSSR count). The SMILES string of the molecule is N#CCCCCNCc1csc(C2CC2)n1. The molecule has 0 radical (unpaired) electrons. The lowest BCUT2D eigenvalue weighted by Gasteiger charge is -2.00. The average Bonchev–Trinajstić information content (AvgIpc) is 3.04. The number of hydrogen-bond acceptors (Lipinski definition) is 4. The second kappa shape index (κ2) is 5.97. The van der Waals surface area contributed by atoms with Crippen LogP contribution in [0.1, 0.15) is 48.7 Å². The molecular weight excluding hydrogens is 218 g/mol. The molecule has 86 valence electrons. The van der Waals surface area contributed by atoms with E-state index in [0.29, 0.717) is 6.42 Å². The quantitative estimate of drug-likeness (QED) is 0.739. The van der Waals surface area contributed by atoms with Crippen LogP contribution >= 0.6 is 11.3 Å². The average molecular weight is 235 g/mol. The van der Waals surface area contributed by atoms with E-state index in [9.17, 15) is 0 Å². The Morgan fingerprint density at radius 3 is 3.12 bits per heavy atom. The van der Waals surface area contributed by atoms with E-state index < -0.39 is 0 Å². The fourth-order valence-corrected chi connectivity index (χ4v) is 2.58. The van der Waals surface area contributed by atoms with Gasteiger partial charge in [0.25, 0.3) is 0 Å². The highest BCUT2D eigenvalue weighted by Crippen LogP contribution is 2.41. The van der Waals surface area contributed by atoms with Crippen LogP contribution in [0.15, 0.2) is 5.38 Å². The highest BCUT2D eigenvalue weighted by atomic mass is 32.1. The van der Waals surface area contributed by atoms with Gasteiger partial charge in [-0.25, -0.2) is 4.98 Å². The fourth-order valence-electron chi connectivity index (χ4n) is 1.59. The highest BCUT2D eigenvalue weighted by Gasteiger charge is 2.26. The zero-order chi connectivity index (χ0) is 11.2. The number of aromatic nitrogens is 1. The zero-order valence-corrected chi connectivity index (χ0v) is 10.2. The third-order valence-electron chi connectivity index (χ3n) is 2.69. The van der Waals surface area contributed by atoms with Crippen molar-refractivity contribution < 1.29 is 0 Å². The molecule has 16 heavy (non-hydrogen) atoms. The van der Waals surface area contributed by atoms with E-state index in [1.165, 1.54) is 23.5 Å². The summed E-state index contributed by atoms with van der Waals surface area (Å²) < 4.78 is 0. The van der Waals surface area contributed by atoms with E-state index in [-0.39, 0.29) is 0 Å². The van der Waals surface area contributed by atoms with Crippen LogP contribution in [0.4, 0.5) is 0 Å². The molecule has 3 nitrogen and oxygen atoms in total. The molecule has 1 aromatic heterocycles. The number of nitrogens with one attached hydrogen (secondary N) is 1. The van der Waals surface area contributed by atoms with Gasteiger partial charge in [0.15, 0.2) is 0 Å². The smallest absolute Gasteiger partial charge is 0.0959 e. The molecule has 0 unspecified atom stereocenters. The van der Waals surface area contributed by atoms with E-state index >= 15 is 0 Å². The number of nitriles is 1. The molecule has 0 spiro atoms. The highest BCUT2D eigenvalue weighted by molar-refractivity contribution is 7.09. The van der Waals surface area contributed by atoms with E-state index in [1.807, 2.05) is 0 Å². The van der Waals surface area contributed by atoms with Gasteiger partial charge in [-0.1, -0.05) is 0 Å². The molecule has 1 aliphatic rings. The van der Waals surface area contributed by atoms with E-state index in [2.05, 4.69) is 21.8 Å². The largest absolute Gasteiger partial charge is 0.311 e. The Morgan fingerprint density at radius 2 is 2.38 bits per heavy atom. The number of rotatable bonds is 7. The van der Waals surface area contributed by atoms with Gasteiger partial charge in [0, 0.05) is 24.3 Å². The first-order valence-corrected chi connectivity index (χ1v) is 6.80. The van der Waals surface area contributed by atoms with Crippen molar-refractivity contribution in [3.63, 3.8) is 0 Å². The van der Waals surface area contributed by atoms with Crippen molar-refractivity contribution in [2.45, 2.75) is 44.6 Å². The maximum Gasteiger partial charge on any atom is 0.0959 e. The maximum absolute atomic E-state index is 8.38. The summed E-state index contributed by atoms with van der Waals surface area (Å²) in [6.45, 7) is 1.85. The Balaban J connectivity index is 1.59. The first-order valence-electron chi connectivity index (χ1n) is 5.92. The van der Waals surface area contributed by atoms with Crippen LogP contribution in [-0.2, 0) is 6.54 Å². The second-order valence-corrected chi connectivity index (χ2v) is 5.13.